The molecule has 0 N–H and O–H groups in total. The minimum absolute atomic E-state index is 0.607. The predicted octanol–water partition coefficient (Wildman–Crippen LogP) is 6.68. The van der Waals surface area contributed by atoms with Gasteiger partial charge in [-0.05, 0) is 55.3 Å². The summed E-state index contributed by atoms with van der Waals surface area (Å²) in [4.78, 5) is 4.86. The molecular formula is C22H18Cl2N2. The van der Waals surface area contributed by atoms with E-state index < -0.39 is 0 Å². The third kappa shape index (κ3) is 3.11. The van der Waals surface area contributed by atoms with Crippen LogP contribution in [0.2, 0.25) is 10.0 Å². The van der Waals surface area contributed by atoms with Crippen LogP contribution in [0, 0.1) is 13.8 Å². The average Bonchev–Trinajstić information content (AvgIpc) is 2.97. The van der Waals surface area contributed by atoms with Crippen molar-refractivity contribution in [2.24, 2.45) is 0 Å². The topological polar surface area (TPSA) is 17.8 Å². The van der Waals surface area contributed by atoms with Crippen molar-refractivity contribution in [2.45, 2.75) is 20.4 Å². The number of benzene rings is 3. The number of fused-ring (bicyclic) bond motifs is 1. The zero-order valence-corrected chi connectivity index (χ0v) is 16.1. The largest absolute Gasteiger partial charge is 0.319 e. The van der Waals surface area contributed by atoms with Crippen molar-refractivity contribution in [2.75, 3.05) is 0 Å². The van der Waals surface area contributed by atoms with Crippen molar-refractivity contribution in [1.29, 1.82) is 0 Å². The van der Waals surface area contributed by atoms with Crippen LogP contribution >= 0.6 is 23.2 Å². The Kier molecular flexibility index (Phi) is 4.47. The Hall–Kier alpha value is -2.29. The summed E-state index contributed by atoms with van der Waals surface area (Å²) in [5, 5.41) is 1.23. The number of nitrogens with zero attached hydrogens (tertiary/aromatic N) is 2. The summed E-state index contributed by atoms with van der Waals surface area (Å²) < 4.78 is 2.23. The van der Waals surface area contributed by atoms with Crippen molar-refractivity contribution < 1.29 is 0 Å². The summed E-state index contributed by atoms with van der Waals surface area (Å²) in [6, 6.07) is 20.3. The molecule has 0 fully saturated rings. The zero-order valence-electron chi connectivity index (χ0n) is 14.6. The van der Waals surface area contributed by atoms with Crippen LogP contribution in [0.4, 0.5) is 0 Å². The van der Waals surface area contributed by atoms with Gasteiger partial charge in [-0.2, -0.15) is 0 Å². The molecule has 0 saturated heterocycles. The molecule has 4 heteroatoms. The smallest absolute Gasteiger partial charge is 0.142 e. The van der Waals surface area contributed by atoms with Gasteiger partial charge in [0.15, 0.2) is 0 Å². The highest BCUT2D eigenvalue weighted by Crippen LogP contribution is 2.33. The maximum absolute atomic E-state index is 6.49. The summed E-state index contributed by atoms with van der Waals surface area (Å²) in [7, 11) is 0. The van der Waals surface area contributed by atoms with Gasteiger partial charge in [0.05, 0.1) is 16.1 Å². The van der Waals surface area contributed by atoms with Crippen LogP contribution in [-0.4, -0.2) is 9.55 Å². The van der Waals surface area contributed by atoms with E-state index in [9.17, 15) is 0 Å². The number of aryl methyl sites for hydroxylation is 2. The molecule has 0 amide bonds. The van der Waals surface area contributed by atoms with Gasteiger partial charge in [-0.3, -0.25) is 0 Å². The Bertz CT molecular complexity index is 1110. The first kappa shape index (κ1) is 17.1. The number of rotatable bonds is 3. The molecule has 0 atom stereocenters. The quantitative estimate of drug-likeness (QED) is 0.387. The molecule has 0 saturated carbocycles. The second-order valence-corrected chi connectivity index (χ2v) is 7.41. The van der Waals surface area contributed by atoms with Crippen LogP contribution in [-0.2, 0) is 6.54 Å². The Morgan fingerprint density at radius 1 is 0.923 bits per heavy atom. The number of para-hydroxylation sites is 2. The van der Waals surface area contributed by atoms with Crippen molar-refractivity contribution >= 4 is 34.2 Å². The number of aromatic nitrogens is 2. The SMILES string of the molecule is Cc1ccc(C)c(Cn2c(-c3ccc(Cl)cc3Cl)nc3ccccc32)c1. The van der Waals surface area contributed by atoms with Gasteiger partial charge in [0.25, 0.3) is 0 Å². The summed E-state index contributed by atoms with van der Waals surface area (Å²) in [6.45, 7) is 5.00. The summed E-state index contributed by atoms with van der Waals surface area (Å²) >= 11 is 12.6. The molecular weight excluding hydrogens is 363 g/mol. The lowest BCUT2D eigenvalue weighted by molar-refractivity contribution is 0.827. The van der Waals surface area contributed by atoms with Crippen LogP contribution in [0.15, 0.2) is 60.7 Å². The van der Waals surface area contributed by atoms with E-state index in [0.29, 0.717) is 10.0 Å². The predicted molar refractivity (Wildman–Crippen MR) is 110 cm³/mol. The van der Waals surface area contributed by atoms with Crippen LogP contribution in [0.5, 0.6) is 0 Å². The third-order valence-electron chi connectivity index (χ3n) is 4.66. The second-order valence-electron chi connectivity index (χ2n) is 6.56. The molecule has 0 spiro atoms. The molecule has 0 radical (unpaired) electrons. The first-order chi connectivity index (χ1) is 12.5. The van der Waals surface area contributed by atoms with Gasteiger partial charge in [-0.25, -0.2) is 4.98 Å². The normalized spacial score (nSPS) is 11.2. The fraction of sp³-hybridized carbons (Fsp3) is 0.136. The Morgan fingerprint density at radius 2 is 1.73 bits per heavy atom. The molecule has 0 bridgehead atoms. The highest BCUT2D eigenvalue weighted by molar-refractivity contribution is 6.36. The standard InChI is InChI=1S/C22H18Cl2N2/c1-14-7-8-15(2)16(11-14)13-26-21-6-4-3-5-20(21)25-22(26)18-10-9-17(23)12-19(18)24/h3-12H,13H2,1-2H3. The van der Waals surface area contributed by atoms with Crippen molar-refractivity contribution in [3.8, 4) is 11.4 Å². The van der Waals surface area contributed by atoms with Crippen LogP contribution < -0.4 is 0 Å². The van der Waals surface area contributed by atoms with E-state index in [1.165, 1.54) is 16.7 Å². The lowest BCUT2D eigenvalue weighted by Gasteiger charge is -2.13. The van der Waals surface area contributed by atoms with Crippen LogP contribution in [0.3, 0.4) is 0 Å². The average molecular weight is 381 g/mol. The third-order valence-corrected chi connectivity index (χ3v) is 5.21. The van der Waals surface area contributed by atoms with Gasteiger partial charge in [-0.1, -0.05) is 59.1 Å². The molecule has 4 rings (SSSR count). The number of hydrogen-bond acceptors (Lipinski definition) is 1. The highest BCUT2D eigenvalue weighted by Gasteiger charge is 2.16. The molecule has 2 nitrogen and oxygen atoms in total. The van der Waals surface area contributed by atoms with Gasteiger partial charge in [0.2, 0.25) is 0 Å². The number of hydrogen-bond donors (Lipinski definition) is 0. The van der Waals surface area contributed by atoms with E-state index in [-0.39, 0.29) is 0 Å². The van der Waals surface area contributed by atoms with E-state index in [1.807, 2.05) is 30.3 Å². The summed E-state index contributed by atoms with van der Waals surface area (Å²) in [5.74, 6) is 0.855. The van der Waals surface area contributed by atoms with Gasteiger partial charge < -0.3 is 4.57 Å². The minimum atomic E-state index is 0.607. The zero-order chi connectivity index (χ0) is 18.3. The van der Waals surface area contributed by atoms with Crippen LogP contribution in [0.25, 0.3) is 22.4 Å². The maximum Gasteiger partial charge on any atom is 0.142 e. The minimum Gasteiger partial charge on any atom is -0.319 e. The highest BCUT2D eigenvalue weighted by atomic mass is 35.5. The maximum atomic E-state index is 6.49. The Labute approximate surface area is 163 Å². The van der Waals surface area contributed by atoms with Crippen molar-refractivity contribution in [3.63, 3.8) is 0 Å². The van der Waals surface area contributed by atoms with E-state index >= 15 is 0 Å². The molecule has 1 heterocycles. The van der Waals surface area contributed by atoms with Crippen molar-refractivity contribution in [1.82, 2.24) is 9.55 Å². The molecule has 0 aliphatic rings. The first-order valence-corrected chi connectivity index (χ1v) is 9.25. The number of halogens is 2. The summed E-state index contributed by atoms with van der Waals surface area (Å²) in [6.07, 6.45) is 0. The van der Waals surface area contributed by atoms with E-state index in [1.54, 1.807) is 6.07 Å². The van der Waals surface area contributed by atoms with Gasteiger partial charge >= 0.3 is 0 Å². The molecule has 0 aliphatic carbocycles. The fourth-order valence-corrected chi connectivity index (χ4v) is 3.75. The first-order valence-electron chi connectivity index (χ1n) is 8.50. The fourth-order valence-electron chi connectivity index (χ4n) is 3.25. The monoisotopic (exact) mass is 380 g/mol. The molecule has 130 valence electrons. The Morgan fingerprint density at radius 3 is 2.54 bits per heavy atom. The lowest BCUT2D eigenvalue weighted by atomic mass is 10.1. The molecule has 0 unspecified atom stereocenters. The van der Waals surface area contributed by atoms with Crippen molar-refractivity contribution in [3.05, 3.63) is 87.4 Å². The summed E-state index contributed by atoms with van der Waals surface area (Å²) in [5.41, 5.74) is 6.73. The van der Waals surface area contributed by atoms with Gasteiger partial charge in [0, 0.05) is 17.1 Å². The molecule has 26 heavy (non-hydrogen) atoms. The molecule has 0 aliphatic heterocycles. The van der Waals surface area contributed by atoms with E-state index in [2.05, 4.69) is 42.7 Å². The Balaban J connectivity index is 1.93. The van der Waals surface area contributed by atoms with Gasteiger partial charge in [0.1, 0.15) is 5.82 Å². The number of imidazole rings is 1. The molecule has 1 aromatic heterocycles. The molecule has 3 aromatic carbocycles. The second kappa shape index (κ2) is 6.79. The van der Waals surface area contributed by atoms with E-state index in [0.717, 1.165) is 29.0 Å². The molecule has 4 aromatic rings. The lowest BCUT2D eigenvalue weighted by Crippen LogP contribution is -2.04. The van der Waals surface area contributed by atoms with E-state index in [4.69, 9.17) is 28.2 Å². The van der Waals surface area contributed by atoms with Crippen LogP contribution in [0.1, 0.15) is 16.7 Å². The van der Waals surface area contributed by atoms with Gasteiger partial charge in [-0.15, -0.1) is 0 Å².